The van der Waals surface area contributed by atoms with E-state index in [-0.39, 0.29) is 29.7 Å². The number of nitrogens with one attached hydrogen (secondary N) is 1. The quantitative estimate of drug-likeness (QED) is 0.385. The Labute approximate surface area is 214 Å². The van der Waals surface area contributed by atoms with Crippen LogP contribution >= 0.6 is 0 Å². The monoisotopic (exact) mass is 518 g/mol. The van der Waals surface area contributed by atoms with Crippen LogP contribution < -0.4 is 14.8 Å². The smallest absolute Gasteiger partial charge is 0.484 e. The summed E-state index contributed by atoms with van der Waals surface area (Å²) in [6.45, 7) is 6.72. The van der Waals surface area contributed by atoms with Gasteiger partial charge in [-0.15, -0.1) is 13.2 Å². The molecule has 2 aromatic carbocycles. The number of halogens is 3. The van der Waals surface area contributed by atoms with Crippen molar-refractivity contribution in [1.29, 1.82) is 0 Å². The van der Waals surface area contributed by atoms with Gasteiger partial charge in [-0.25, -0.2) is 4.98 Å². The molecule has 0 saturated heterocycles. The van der Waals surface area contributed by atoms with Gasteiger partial charge in [0.1, 0.15) is 11.5 Å². The van der Waals surface area contributed by atoms with Gasteiger partial charge in [0.15, 0.2) is 6.61 Å². The van der Waals surface area contributed by atoms with E-state index in [1.165, 1.54) is 29.2 Å². The predicted molar refractivity (Wildman–Crippen MR) is 136 cm³/mol. The van der Waals surface area contributed by atoms with Crippen molar-refractivity contribution in [3.63, 3.8) is 0 Å². The lowest BCUT2D eigenvalue weighted by Crippen LogP contribution is -2.29. The van der Waals surface area contributed by atoms with E-state index in [1.807, 2.05) is 12.1 Å². The number of hydrogen-bond donors (Lipinski definition) is 1. The van der Waals surface area contributed by atoms with Gasteiger partial charge in [-0.3, -0.25) is 4.79 Å². The normalized spacial score (nSPS) is 19.5. The van der Waals surface area contributed by atoms with Crippen LogP contribution in [-0.2, 0) is 4.79 Å². The van der Waals surface area contributed by atoms with Crippen LogP contribution in [0.2, 0.25) is 0 Å². The minimum Gasteiger partial charge on any atom is -0.484 e. The van der Waals surface area contributed by atoms with Gasteiger partial charge in [-0.2, -0.15) is 0 Å². The second-order valence-corrected chi connectivity index (χ2v) is 10.8. The molecule has 3 aromatic rings. The van der Waals surface area contributed by atoms with Gasteiger partial charge in [0, 0.05) is 31.9 Å². The molecule has 0 bridgehead atoms. The summed E-state index contributed by atoms with van der Waals surface area (Å²) in [5.41, 5.74) is 2.36. The maximum atomic E-state index is 12.5. The van der Waals surface area contributed by atoms with Crippen LogP contribution in [0, 0.1) is 11.3 Å². The average Bonchev–Trinajstić information content (AvgIpc) is 3.13. The first-order valence-corrected chi connectivity index (χ1v) is 12.3. The molecule has 1 amide bonds. The van der Waals surface area contributed by atoms with Crippen molar-refractivity contribution in [2.45, 2.75) is 52.4 Å². The van der Waals surface area contributed by atoms with Gasteiger partial charge in [-0.1, -0.05) is 20.8 Å². The Bertz CT molecular complexity index is 1250. The van der Waals surface area contributed by atoms with E-state index in [4.69, 9.17) is 9.72 Å². The van der Waals surface area contributed by atoms with Crippen LogP contribution in [0.5, 0.6) is 11.5 Å². The molecule has 1 saturated carbocycles. The van der Waals surface area contributed by atoms with Crippen LogP contribution in [-0.4, -0.2) is 47.4 Å². The van der Waals surface area contributed by atoms with Crippen LogP contribution in [0.1, 0.15) is 46.1 Å². The predicted octanol–water partition coefficient (Wildman–Crippen LogP) is 6.53. The lowest BCUT2D eigenvalue weighted by Gasteiger charge is -2.40. The zero-order chi connectivity index (χ0) is 27.0. The minimum atomic E-state index is -4.75. The Morgan fingerprint density at radius 1 is 1.14 bits per heavy atom. The van der Waals surface area contributed by atoms with Gasteiger partial charge in [0.25, 0.3) is 5.91 Å². The summed E-state index contributed by atoms with van der Waals surface area (Å²) >= 11 is 0. The van der Waals surface area contributed by atoms with Crippen molar-refractivity contribution >= 4 is 28.6 Å². The fourth-order valence-corrected chi connectivity index (χ4v) is 5.26. The summed E-state index contributed by atoms with van der Waals surface area (Å²) in [6.07, 6.45) is -1.66. The van der Waals surface area contributed by atoms with Crippen LogP contribution in [0.4, 0.5) is 24.8 Å². The van der Waals surface area contributed by atoms with Gasteiger partial charge in [0.05, 0.1) is 11.0 Å². The largest absolute Gasteiger partial charge is 0.573 e. The van der Waals surface area contributed by atoms with E-state index in [1.54, 1.807) is 20.2 Å². The number of alkyl halides is 3. The number of aromatic nitrogens is 2. The highest BCUT2D eigenvalue weighted by atomic mass is 19.4. The molecule has 37 heavy (non-hydrogen) atoms. The summed E-state index contributed by atoms with van der Waals surface area (Å²) in [5, 5.41) is 3.29. The highest BCUT2D eigenvalue weighted by Crippen LogP contribution is 2.46. The molecule has 200 valence electrons. The van der Waals surface area contributed by atoms with Crippen molar-refractivity contribution in [2.24, 2.45) is 11.3 Å². The zero-order valence-corrected chi connectivity index (χ0v) is 21.7. The van der Waals surface area contributed by atoms with Gasteiger partial charge < -0.3 is 24.3 Å². The number of imidazole rings is 1. The zero-order valence-electron chi connectivity index (χ0n) is 21.7. The van der Waals surface area contributed by atoms with E-state index in [9.17, 15) is 18.0 Å². The number of ether oxygens (including phenoxy) is 2. The third-order valence-corrected chi connectivity index (χ3v) is 6.59. The lowest BCUT2D eigenvalue weighted by molar-refractivity contribution is -0.274. The maximum absolute atomic E-state index is 12.5. The number of hydrogen-bond acceptors (Lipinski definition) is 5. The maximum Gasteiger partial charge on any atom is 0.573 e. The second-order valence-electron chi connectivity index (χ2n) is 10.8. The SMILES string of the molecule is C[C@H]1C[C@H](n2c(Nc3ccc(OC(F)(F)F)cc3)nc3cc(OCC(=O)N(C)C)ccc32)CC(C)(C)C1. The van der Waals surface area contributed by atoms with Crippen LogP contribution in [0.25, 0.3) is 11.0 Å². The van der Waals surface area contributed by atoms with Crippen LogP contribution in [0.15, 0.2) is 42.5 Å². The van der Waals surface area contributed by atoms with E-state index in [2.05, 4.69) is 35.4 Å². The third-order valence-electron chi connectivity index (χ3n) is 6.59. The molecule has 1 heterocycles. The Morgan fingerprint density at radius 2 is 1.81 bits per heavy atom. The number of carbonyl (C=O) groups is 1. The molecule has 1 aliphatic carbocycles. The molecule has 1 fully saturated rings. The Balaban J connectivity index is 1.68. The molecule has 2 atom stereocenters. The number of nitrogens with zero attached hydrogens (tertiary/aromatic N) is 3. The molecular weight excluding hydrogens is 485 g/mol. The molecule has 4 rings (SSSR count). The summed E-state index contributed by atoms with van der Waals surface area (Å²) in [7, 11) is 3.34. The Hall–Kier alpha value is -3.43. The number of fused-ring (bicyclic) bond motifs is 1. The Kier molecular flexibility index (Phi) is 7.30. The standard InChI is InChI=1S/C27H33F3N4O3/c1-17-12-19(15-26(2,3)14-17)34-23-11-10-21(36-16-24(35)33(4)5)13-22(23)32-25(34)31-18-6-8-20(9-7-18)37-27(28,29)30/h6-11,13,17,19H,12,14-16H2,1-5H3,(H,31,32)/t17-,19-/m0/s1. The molecule has 0 unspecified atom stereocenters. The first-order valence-electron chi connectivity index (χ1n) is 12.3. The number of rotatable bonds is 7. The molecule has 7 nitrogen and oxygen atoms in total. The first-order chi connectivity index (χ1) is 17.3. The third kappa shape index (κ3) is 6.67. The van der Waals surface area contributed by atoms with Gasteiger partial charge in [-0.05, 0) is 67.0 Å². The second kappa shape index (κ2) is 10.1. The molecule has 10 heteroatoms. The van der Waals surface area contributed by atoms with Crippen molar-refractivity contribution in [3.8, 4) is 11.5 Å². The number of amides is 1. The summed E-state index contributed by atoms with van der Waals surface area (Å²) < 4.78 is 49.5. The lowest BCUT2D eigenvalue weighted by atomic mass is 9.70. The first kappa shape index (κ1) is 26.6. The molecule has 0 spiro atoms. The summed E-state index contributed by atoms with van der Waals surface area (Å²) in [5.74, 6) is 1.21. The highest BCUT2D eigenvalue weighted by molar-refractivity contribution is 5.82. The Morgan fingerprint density at radius 3 is 2.43 bits per heavy atom. The minimum absolute atomic E-state index is 0.0784. The summed E-state index contributed by atoms with van der Waals surface area (Å²) in [4.78, 5) is 18.2. The molecular formula is C27H33F3N4O3. The fraction of sp³-hybridized carbons (Fsp3) is 0.481. The molecule has 1 aromatic heterocycles. The number of benzene rings is 2. The molecule has 1 aliphatic rings. The molecule has 1 N–H and O–H groups in total. The van der Waals surface area contributed by atoms with E-state index < -0.39 is 6.36 Å². The fourth-order valence-electron chi connectivity index (χ4n) is 5.26. The molecule has 0 radical (unpaired) electrons. The number of carbonyl (C=O) groups excluding carboxylic acids is 1. The van der Waals surface area contributed by atoms with Gasteiger partial charge >= 0.3 is 6.36 Å². The van der Waals surface area contributed by atoms with Gasteiger partial charge in [0.2, 0.25) is 5.95 Å². The van der Waals surface area contributed by atoms with Crippen molar-refractivity contribution in [2.75, 3.05) is 26.0 Å². The van der Waals surface area contributed by atoms with E-state index in [0.717, 1.165) is 24.8 Å². The van der Waals surface area contributed by atoms with E-state index >= 15 is 0 Å². The number of anilines is 2. The number of likely N-dealkylation sites (N-methyl/N-ethyl adjacent to an activating group) is 1. The van der Waals surface area contributed by atoms with Crippen molar-refractivity contribution < 1.29 is 27.4 Å². The summed E-state index contributed by atoms with van der Waals surface area (Å²) in [6, 6.07) is 11.3. The molecule has 0 aliphatic heterocycles. The van der Waals surface area contributed by atoms with Crippen molar-refractivity contribution in [3.05, 3.63) is 42.5 Å². The van der Waals surface area contributed by atoms with E-state index in [0.29, 0.717) is 28.8 Å². The highest BCUT2D eigenvalue weighted by Gasteiger charge is 2.35. The topological polar surface area (TPSA) is 68.6 Å². The average molecular weight is 519 g/mol. The van der Waals surface area contributed by atoms with Crippen LogP contribution in [0.3, 0.4) is 0 Å². The van der Waals surface area contributed by atoms with Crippen molar-refractivity contribution in [1.82, 2.24) is 14.5 Å².